The van der Waals surface area contributed by atoms with Crippen molar-refractivity contribution in [3.8, 4) is 11.3 Å². The summed E-state index contributed by atoms with van der Waals surface area (Å²) in [5.41, 5.74) is 6.95. The zero-order valence-electron chi connectivity index (χ0n) is 20.0. The van der Waals surface area contributed by atoms with Gasteiger partial charge in [0.05, 0.1) is 11.3 Å². The highest BCUT2D eigenvalue weighted by Gasteiger charge is 2.39. The lowest BCUT2D eigenvalue weighted by atomic mass is 9.97. The molecule has 0 aliphatic carbocycles. The molecule has 10 heteroatoms. The molecular formula is C25H28FN5O3S. The van der Waals surface area contributed by atoms with Crippen molar-refractivity contribution >= 4 is 27.6 Å². The Balaban J connectivity index is 1.81. The molecule has 0 radical (unpaired) electrons. The number of nitrogen functional groups attached to an aromatic ring is 1. The van der Waals surface area contributed by atoms with Crippen molar-refractivity contribution in [1.82, 2.24) is 14.7 Å². The Bertz CT molecular complexity index is 1410. The second kappa shape index (κ2) is 8.92. The number of sulfonamides is 1. The van der Waals surface area contributed by atoms with Crippen LogP contribution in [0.5, 0.6) is 0 Å². The van der Waals surface area contributed by atoms with Crippen LogP contribution in [0.2, 0.25) is 0 Å². The van der Waals surface area contributed by atoms with Crippen molar-refractivity contribution in [2.75, 3.05) is 17.2 Å². The molecule has 1 fully saturated rings. The monoisotopic (exact) mass is 497 g/mol. The molecule has 184 valence electrons. The minimum Gasteiger partial charge on any atom is -0.383 e. The van der Waals surface area contributed by atoms with Crippen LogP contribution in [0.15, 0.2) is 53.6 Å². The third kappa shape index (κ3) is 4.84. The van der Waals surface area contributed by atoms with Crippen LogP contribution in [0.3, 0.4) is 0 Å². The molecule has 1 aliphatic rings. The van der Waals surface area contributed by atoms with Crippen LogP contribution >= 0.6 is 0 Å². The lowest BCUT2D eigenvalue weighted by Gasteiger charge is -2.34. The van der Waals surface area contributed by atoms with E-state index in [9.17, 15) is 17.6 Å². The number of rotatable bonds is 5. The van der Waals surface area contributed by atoms with Crippen molar-refractivity contribution in [3.63, 3.8) is 0 Å². The van der Waals surface area contributed by atoms with E-state index in [0.717, 1.165) is 12.0 Å². The minimum absolute atomic E-state index is 0.0648. The van der Waals surface area contributed by atoms with Gasteiger partial charge in [-0.25, -0.2) is 27.5 Å². The van der Waals surface area contributed by atoms with E-state index in [-0.39, 0.29) is 21.8 Å². The van der Waals surface area contributed by atoms with Gasteiger partial charge in [-0.15, -0.1) is 0 Å². The molecule has 4 rings (SSSR count). The van der Waals surface area contributed by atoms with Gasteiger partial charge in [-0.2, -0.15) is 0 Å². The molecule has 1 atom stereocenters. The fourth-order valence-corrected chi connectivity index (χ4v) is 5.69. The number of hydrogen-bond acceptors (Lipinski definition) is 7. The lowest BCUT2D eigenvalue weighted by molar-refractivity contribution is 0.0981. The number of benzene rings is 1. The van der Waals surface area contributed by atoms with Crippen LogP contribution in [0, 0.1) is 18.7 Å². The average Bonchev–Trinajstić information content (AvgIpc) is 3.06. The predicted molar refractivity (Wildman–Crippen MR) is 133 cm³/mol. The average molecular weight is 498 g/mol. The second-order valence-corrected chi connectivity index (χ2v) is 11.3. The lowest BCUT2D eigenvalue weighted by Crippen LogP contribution is -2.41. The molecule has 0 unspecified atom stereocenters. The third-order valence-corrected chi connectivity index (χ3v) is 7.54. The van der Waals surface area contributed by atoms with Gasteiger partial charge in [-0.1, -0.05) is 18.6 Å². The highest BCUT2D eigenvalue weighted by molar-refractivity contribution is 7.90. The quantitative estimate of drug-likeness (QED) is 0.548. The normalized spacial score (nSPS) is 17.4. The number of nitrogens with two attached hydrogens (primary N) is 1. The summed E-state index contributed by atoms with van der Waals surface area (Å²) in [5, 5.41) is 0. The fraction of sp³-hybridized carbons (Fsp3) is 0.320. The van der Waals surface area contributed by atoms with Gasteiger partial charge in [0.15, 0.2) is 0 Å². The van der Waals surface area contributed by atoms with E-state index in [0.29, 0.717) is 29.5 Å². The van der Waals surface area contributed by atoms with Gasteiger partial charge in [-0.3, -0.25) is 4.79 Å². The van der Waals surface area contributed by atoms with Crippen molar-refractivity contribution in [2.24, 2.45) is 5.92 Å². The Morgan fingerprint density at radius 3 is 2.63 bits per heavy atom. The molecule has 3 heterocycles. The van der Waals surface area contributed by atoms with E-state index >= 15 is 0 Å². The summed E-state index contributed by atoms with van der Waals surface area (Å²) in [4.78, 5) is 23.5. The fourth-order valence-electron chi connectivity index (χ4n) is 4.64. The highest BCUT2D eigenvalue weighted by atomic mass is 32.2. The molecule has 1 aromatic carbocycles. The summed E-state index contributed by atoms with van der Waals surface area (Å²) in [6.07, 6.45) is 2.21. The van der Waals surface area contributed by atoms with Crippen molar-refractivity contribution < 1.29 is 17.6 Å². The first-order chi connectivity index (χ1) is 16.4. The molecule has 1 amide bonds. The van der Waals surface area contributed by atoms with Gasteiger partial charge in [-0.05, 0) is 69.5 Å². The molecule has 8 nitrogen and oxygen atoms in total. The summed E-state index contributed by atoms with van der Waals surface area (Å²) < 4.78 is 42.5. The standard InChI is InChI=1S/C25H28FN5O3S/c1-15-7-9-19(26)18(12-15)20-10-8-17(23(29-20)31-14-16(2)13-25(31,3)4)24(32)30-35(33,34)21-6-5-11-28-22(21)27/h5-12,16H,13-14H2,1-4H3,(H2,27,28)(H,30,32)/t16-/m0/s1. The Morgan fingerprint density at radius 2 is 1.97 bits per heavy atom. The SMILES string of the molecule is Cc1ccc(F)c(-c2ccc(C(=O)NS(=O)(=O)c3cccnc3N)c(N3C[C@@H](C)CC3(C)C)n2)c1. The summed E-state index contributed by atoms with van der Waals surface area (Å²) in [6, 6.07) is 10.4. The number of nitrogens with one attached hydrogen (secondary N) is 1. The van der Waals surface area contributed by atoms with Crippen molar-refractivity contribution in [1.29, 1.82) is 0 Å². The van der Waals surface area contributed by atoms with E-state index in [1.165, 1.54) is 36.5 Å². The molecule has 0 bridgehead atoms. The van der Waals surface area contributed by atoms with E-state index in [2.05, 4.69) is 16.6 Å². The van der Waals surface area contributed by atoms with Crippen LogP contribution in [0.1, 0.15) is 43.1 Å². The zero-order valence-corrected chi connectivity index (χ0v) is 20.9. The molecule has 3 aromatic rings. The molecule has 0 saturated carbocycles. The number of aromatic nitrogens is 2. The molecule has 1 aliphatic heterocycles. The highest BCUT2D eigenvalue weighted by Crippen LogP contribution is 2.38. The van der Waals surface area contributed by atoms with Crippen LogP contribution in [-0.4, -0.2) is 36.4 Å². The molecule has 3 N–H and O–H groups in total. The second-order valence-electron chi connectivity index (χ2n) is 9.60. The number of carbonyl (C=O) groups is 1. The van der Waals surface area contributed by atoms with E-state index in [1.54, 1.807) is 12.1 Å². The summed E-state index contributed by atoms with van der Waals surface area (Å²) in [7, 11) is -4.29. The number of pyridine rings is 2. The summed E-state index contributed by atoms with van der Waals surface area (Å²) >= 11 is 0. The van der Waals surface area contributed by atoms with Gasteiger partial charge in [0.1, 0.15) is 22.3 Å². The smallest absolute Gasteiger partial charge is 0.268 e. The van der Waals surface area contributed by atoms with Gasteiger partial charge in [0.25, 0.3) is 15.9 Å². The number of carbonyl (C=O) groups excluding carboxylic acids is 1. The third-order valence-electron chi connectivity index (χ3n) is 6.16. The first-order valence-corrected chi connectivity index (χ1v) is 12.7. The Kier molecular flexibility index (Phi) is 6.27. The maximum Gasteiger partial charge on any atom is 0.268 e. The first kappa shape index (κ1) is 24.6. The molecule has 0 spiro atoms. The number of aryl methyl sites for hydroxylation is 1. The predicted octanol–water partition coefficient (Wildman–Crippen LogP) is 3.92. The maximum absolute atomic E-state index is 14.7. The molecule has 2 aromatic heterocycles. The Hall–Kier alpha value is -3.53. The number of halogens is 1. The Labute approximate surface area is 204 Å². The van der Waals surface area contributed by atoms with E-state index in [1.807, 2.05) is 25.7 Å². The number of nitrogens with zero attached hydrogens (tertiary/aromatic N) is 3. The van der Waals surface area contributed by atoms with E-state index in [4.69, 9.17) is 10.7 Å². The number of amides is 1. The van der Waals surface area contributed by atoms with E-state index < -0.39 is 21.7 Å². The number of hydrogen-bond donors (Lipinski definition) is 2. The maximum atomic E-state index is 14.7. The topological polar surface area (TPSA) is 118 Å². The minimum atomic E-state index is -4.29. The summed E-state index contributed by atoms with van der Waals surface area (Å²) in [6.45, 7) is 8.63. The van der Waals surface area contributed by atoms with Crippen molar-refractivity contribution in [2.45, 2.75) is 44.6 Å². The molecule has 1 saturated heterocycles. The van der Waals surface area contributed by atoms with Gasteiger partial charge in [0, 0.05) is 23.8 Å². The van der Waals surface area contributed by atoms with Crippen LogP contribution in [0.25, 0.3) is 11.3 Å². The van der Waals surface area contributed by atoms with Crippen LogP contribution in [0.4, 0.5) is 16.0 Å². The summed E-state index contributed by atoms with van der Waals surface area (Å²) in [5.74, 6) is -0.895. The van der Waals surface area contributed by atoms with Crippen LogP contribution in [-0.2, 0) is 10.0 Å². The van der Waals surface area contributed by atoms with Gasteiger partial charge in [0.2, 0.25) is 0 Å². The van der Waals surface area contributed by atoms with Gasteiger partial charge >= 0.3 is 0 Å². The first-order valence-electron chi connectivity index (χ1n) is 11.2. The largest absolute Gasteiger partial charge is 0.383 e. The van der Waals surface area contributed by atoms with Gasteiger partial charge < -0.3 is 10.6 Å². The molecule has 35 heavy (non-hydrogen) atoms. The number of anilines is 2. The Morgan fingerprint density at radius 1 is 1.23 bits per heavy atom. The zero-order chi connectivity index (χ0) is 25.5. The molecular weight excluding hydrogens is 469 g/mol. The van der Waals surface area contributed by atoms with Crippen molar-refractivity contribution in [3.05, 3.63) is 65.6 Å². The van der Waals surface area contributed by atoms with Crippen LogP contribution < -0.4 is 15.4 Å².